The molecule has 2 aromatic rings. The van der Waals surface area contributed by atoms with Crippen LogP contribution in [0.25, 0.3) is 0 Å². The molecule has 2 aromatic carbocycles. The van der Waals surface area contributed by atoms with E-state index in [1.165, 1.54) is 4.31 Å². The Labute approximate surface area is 161 Å². The predicted molar refractivity (Wildman–Crippen MR) is 110 cm³/mol. The topological polar surface area (TPSA) is 57.7 Å². The molecule has 0 radical (unpaired) electrons. The molecule has 1 aliphatic heterocycles. The van der Waals surface area contributed by atoms with Crippen LogP contribution in [0.5, 0.6) is 0 Å². The highest BCUT2D eigenvalue weighted by molar-refractivity contribution is 7.92. The summed E-state index contributed by atoms with van der Waals surface area (Å²) in [4.78, 5) is 15.1. The Hall–Kier alpha value is -2.34. The Morgan fingerprint density at radius 3 is 2.56 bits per heavy atom. The number of aryl methyl sites for hydroxylation is 3. The maximum Gasteiger partial charge on any atom is 0.250 e. The zero-order valence-electron chi connectivity index (χ0n) is 16.3. The van der Waals surface area contributed by atoms with Gasteiger partial charge in [-0.3, -0.25) is 9.10 Å². The summed E-state index contributed by atoms with van der Waals surface area (Å²) in [6.45, 7) is 6.05. The average molecular weight is 387 g/mol. The molecule has 1 atom stereocenters. The van der Waals surface area contributed by atoms with Gasteiger partial charge in [0.1, 0.15) is 6.04 Å². The van der Waals surface area contributed by atoms with Crippen molar-refractivity contribution in [1.82, 2.24) is 0 Å². The molecule has 1 heterocycles. The lowest BCUT2D eigenvalue weighted by Crippen LogP contribution is -2.51. The van der Waals surface area contributed by atoms with Crippen molar-refractivity contribution in [1.29, 1.82) is 0 Å². The summed E-state index contributed by atoms with van der Waals surface area (Å²) < 4.78 is 26.5. The van der Waals surface area contributed by atoms with Gasteiger partial charge >= 0.3 is 0 Å². The number of anilines is 2. The van der Waals surface area contributed by atoms with Crippen molar-refractivity contribution in [2.45, 2.75) is 39.7 Å². The first-order chi connectivity index (χ1) is 12.7. The van der Waals surface area contributed by atoms with Crippen LogP contribution in [0.15, 0.2) is 42.5 Å². The third kappa shape index (κ3) is 3.86. The smallest absolute Gasteiger partial charge is 0.250 e. The third-order valence-corrected chi connectivity index (χ3v) is 6.27. The van der Waals surface area contributed by atoms with Crippen LogP contribution in [0, 0.1) is 13.8 Å². The molecule has 1 unspecified atom stereocenters. The minimum atomic E-state index is -3.63. The lowest BCUT2D eigenvalue weighted by Gasteiger charge is -2.36. The number of hydrogen-bond donors (Lipinski definition) is 0. The summed E-state index contributed by atoms with van der Waals surface area (Å²) in [7, 11) is -3.63. The third-order valence-electron chi connectivity index (χ3n) is 5.04. The van der Waals surface area contributed by atoms with Crippen molar-refractivity contribution in [3.8, 4) is 0 Å². The molecule has 1 aliphatic rings. The molecule has 0 aromatic heterocycles. The molecule has 144 valence electrons. The van der Waals surface area contributed by atoms with Gasteiger partial charge < -0.3 is 4.90 Å². The summed E-state index contributed by atoms with van der Waals surface area (Å²) in [5.74, 6) is -0.200. The van der Waals surface area contributed by atoms with Crippen molar-refractivity contribution < 1.29 is 13.2 Å². The van der Waals surface area contributed by atoms with Gasteiger partial charge in [-0.25, -0.2) is 8.42 Å². The largest absolute Gasteiger partial charge is 0.310 e. The van der Waals surface area contributed by atoms with Gasteiger partial charge in [-0.05, 0) is 62.4 Å². The molecule has 3 rings (SSSR count). The number of carbonyl (C=O) groups is 1. The van der Waals surface area contributed by atoms with Crippen LogP contribution in [0.4, 0.5) is 11.4 Å². The van der Waals surface area contributed by atoms with E-state index in [0.29, 0.717) is 12.2 Å². The summed E-state index contributed by atoms with van der Waals surface area (Å²) in [5, 5.41) is 0. The monoisotopic (exact) mass is 386 g/mol. The highest BCUT2D eigenvalue weighted by atomic mass is 32.2. The van der Waals surface area contributed by atoms with Crippen LogP contribution >= 0.6 is 0 Å². The average Bonchev–Trinajstić information content (AvgIpc) is 2.62. The predicted octanol–water partition coefficient (Wildman–Crippen LogP) is 3.44. The fourth-order valence-corrected chi connectivity index (χ4v) is 4.94. The number of hydrogen-bond acceptors (Lipinski definition) is 3. The van der Waals surface area contributed by atoms with Gasteiger partial charge in [-0.2, -0.15) is 0 Å². The zero-order chi connectivity index (χ0) is 19.8. The first kappa shape index (κ1) is 19.4. The van der Waals surface area contributed by atoms with Crippen LogP contribution in [0.2, 0.25) is 0 Å². The number of nitrogens with zero attached hydrogens (tertiary/aromatic N) is 2. The summed E-state index contributed by atoms with van der Waals surface area (Å²) >= 11 is 0. The zero-order valence-corrected chi connectivity index (χ0v) is 17.1. The van der Waals surface area contributed by atoms with Gasteiger partial charge in [-0.15, -0.1) is 0 Å². The molecule has 27 heavy (non-hydrogen) atoms. The molecule has 0 saturated carbocycles. The minimum absolute atomic E-state index is 0.200. The second kappa shape index (κ2) is 7.35. The van der Waals surface area contributed by atoms with Crippen molar-refractivity contribution in [3.63, 3.8) is 0 Å². The molecule has 0 fully saturated rings. The number of benzene rings is 2. The number of amides is 1. The molecule has 1 amide bonds. The van der Waals surface area contributed by atoms with Gasteiger partial charge in [0, 0.05) is 12.2 Å². The molecule has 0 spiro atoms. The number of fused-ring (bicyclic) bond motifs is 1. The minimum Gasteiger partial charge on any atom is -0.310 e. The van der Waals surface area contributed by atoms with Crippen LogP contribution < -0.4 is 9.21 Å². The fraction of sp³-hybridized carbons (Fsp3) is 0.381. The molecule has 5 nitrogen and oxygen atoms in total. The van der Waals surface area contributed by atoms with Gasteiger partial charge in [0.25, 0.3) is 5.91 Å². The van der Waals surface area contributed by atoms with Crippen molar-refractivity contribution in [3.05, 3.63) is 59.2 Å². The molecule has 0 bridgehead atoms. The van der Waals surface area contributed by atoms with Crippen LogP contribution in [0.1, 0.15) is 30.0 Å². The Kier molecular flexibility index (Phi) is 5.29. The van der Waals surface area contributed by atoms with Crippen LogP contribution in [-0.2, 0) is 21.2 Å². The van der Waals surface area contributed by atoms with E-state index < -0.39 is 16.1 Å². The Balaban J connectivity index is 2.02. The van der Waals surface area contributed by atoms with Crippen molar-refractivity contribution >= 4 is 27.3 Å². The Morgan fingerprint density at radius 2 is 1.85 bits per heavy atom. The summed E-state index contributed by atoms with van der Waals surface area (Å²) in [5.41, 5.74) is 4.34. The van der Waals surface area contributed by atoms with Crippen LogP contribution in [-0.4, -0.2) is 33.2 Å². The Morgan fingerprint density at radius 1 is 1.15 bits per heavy atom. The first-order valence-corrected chi connectivity index (χ1v) is 11.0. The number of sulfonamides is 1. The van der Waals surface area contributed by atoms with E-state index in [1.807, 2.05) is 56.3 Å². The summed E-state index contributed by atoms with van der Waals surface area (Å²) in [6, 6.07) is 12.7. The number of para-hydroxylation sites is 1. The maximum absolute atomic E-state index is 13.3. The van der Waals surface area contributed by atoms with E-state index in [1.54, 1.807) is 11.8 Å². The lowest BCUT2D eigenvalue weighted by atomic mass is 10.0. The molecular formula is C21H26N2O3S. The van der Waals surface area contributed by atoms with E-state index in [0.717, 1.165) is 41.5 Å². The van der Waals surface area contributed by atoms with Gasteiger partial charge in [0.05, 0.1) is 11.9 Å². The van der Waals surface area contributed by atoms with E-state index in [2.05, 4.69) is 0 Å². The van der Waals surface area contributed by atoms with E-state index in [4.69, 9.17) is 0 Å². The SMILES string of the molecule is Cc1ccc(C)c(N(C(C)C(=O)N2CCCc3ccccc32)S(C)(=O)=O)c1. The highest BCUT2D eigenvalue weighted by Gasteiger charge is 2.34. The number of carbonyl (C=O) groups excluding carboxylic acids is 1. The highest BCUT2D eigenvalue weighted by Crippen LogP contribution is 2.31. The maximum atomic E-state index is 13.3. The quantitative estimate of drug-likeness (QED) is 0.809. The van der Waals surface area contributed by atoms with E-state index >= 15 is 0 Å². The van der Waals surface area contributed by atoms with Gasteiger partial charge in [0.2, 0.25) is 10.0 Å². The summed E-state index contributed by atoms with van der Waals surface area (Å²) in [6.07, 6.45) is 2.96. The molecule has 0 saturated heterocycles. The number of rotatable bonds is 4. The second-order valence-electron chi connectivity index (χ2n) is 7.25. The first-order valence-electron chi connectivity index (χ1n) is 9.16. The standard InChI is InChI=1S/C21H26N2O3S/c1-15-11-12-16(2)20(14-15)23(27(4,25)26)17(3)21(24)22-13-7-9-18-8-5-6-10-19(18)22/h5-6,8,10-12,14,17H,7,9,13H2,1-4H3. The molecule has 0 aliphatic carbocycles. The van der Waals surface area contributed by atoms with Gasteiger partial charge in [0.15, 0.2) is 0 Å². The lowest BCUT2D eigenvalue weighted by molar-refractivity contribution is -0.119. The molecular weight excluding hydrogens is 360 g/mol. The second-order valence-corrected chi connectivity index (χ2v) is 9.11. The Bertz CT molecular complexity index is 969. The molecule has 6 heteroatoms. The van der Waals surface area contributed by atoms with Crippen molar-refractivity contribution in [2.75, 3.05) is 22.0 Å². The van der Waals surface area contributed by atoms with Gasteiger partial charge in [-0.1, -0.05) is 30.3 Å². The van der Waals surface area contributed by atoms with Crippen molar-refractivity contribution in [2.24, 2.45) is 0 Å². The van der Waals surface area contributed by atoms with Crippen LogP contribution in [0.3, 0.4) is 0 Å². The van der Waals surface area contributed by atoms with E-state index in [-0.39, 0.29) is 5.91 Å². The fourth-order valence-electron chi connectivity index (χ4n) is 3.72. The molecule has 0 N–H and O–H groups in total. The van der Waals surface area contributed by atoms with E-state index in [9.17, 15) is 13.2 Å². The normalized spacial score (nSPS) is 15.2.